The summed E-state index contributed by atoms with van der Waals surface area (Å²) in [7, 11) is -0.229. The first-order valence-corrected chi connectivity index (χ1v) is 9.95. The summed E-state index contributed by atoms with van der Waals surface area (Å²) in [5.41, 5.74) is 0.961. The van der Waals surface area contributed by atoms with Gasteiger partial charge in [0.15, 0.2) is 0 Å². The molecule has 0 amide bonds. The first-order valence-electron chi connectivity index (χ1n) is 6.87. The number of methoxy groups -OCH3 is 1. The summed E-state index contributed by atoms with van der Waals surface area (Å²) in [6, 6.07) is 10.9. The van der Waals surface area contributed by atoms with Gasteiger partial charge in [-0.25, -0.2) is 0 Å². The standard InChI is InChI=1S/C15H23ClO2Si/c1-5-19(6-2,7-3)14(15(17)18-4)12-8-10-13(16)11-9-12/h8-11,14H,5-7H2,1-4H3. The molecule has 0 aliphatic rings. The highest BCUT2D eigenvalue weighted by Gasteiger charge is 2.42. The third-order valence-electron chi connectivity index (χ3n) is 4.36. The second-order valence-electron chi connectivity index (χ2n) is 4.93. The van der Waals surface area contributed by atoms with Gasteiger partial charge in [-0.15, -0.1) is 0 Å². The lowest BCUT2D eigenvalue weighted by atomic mass is 10.1. The van der Waals surface area contributed by atoms with Crippen molar-refractivity contribution in [3.8, 4) is 0 Å². The van der Waals surface area contributed by atoms with Gasteiger partial charge in [0, 0.05) is 5.02 Å². The van der Waals surface area contributed by atoms with Crippen molar-refractivity contribution in [1.29, 1.82) is 0 Å². The molecule has 0 radical (unpaired) electrons. The second kappa shape index (κ2) is 7.11. The molecule has 0 spiro atoms. The van der Waals surface area contributed by atoms with E-state index in [0.717, 1.165) is 23.7 Å². The van der Waals surface area contributed by atoms with Crippen LogP contribution in [0.25, 0.3) is 0 Å². The molecule has 0 aliphatic heterocycles. The van der Waals surface area contributed by atoms with Gasteiger partial charge in [0.2, 0.25) is 0 Å². The number of benzene rings is 1. The summed E-state index contributed by atoms with van der Waals surface area (Å²) < 4.78 is 5.07. The minimum Gasteiger partial charge on any atom is -0.469 e. The molecular weight excluding hydrogens is 276 g/mol. The van der Waals surface area contributed by atoms with Crippen molar-refractivity contribution in [3.63, 3.8) is 0 Å². The lowest BCUT2D eigenvalue weighted by Gasteiger charge is -2.35. The van der Waals surface area contributed by atoms with Gasteiger partial charge in [0.05, 0.1) is 20.7 Å². The van der Waals surface area contributed by atoms with Gasteiger partial charge in [-0.2, -0.15) is 0 Å². The zero-order valence-electron chi connectivity index (χ0n) is 12.2. The van der Waals surface area contributed by atoms with Crippen LogP contribution in [0.5, 0.6) is 0 Å². The molecule has 1 atom stereocenters. The minimum absolute atomic E-state index is 0.0882. The van der Waals surface area contributed by atoms with E-state index < -0.39 is 8.07 Å². The fourth-order valence-electron chi connectivity index (χ4n) is 2.88. The largest absolute Gasteiger partial charge is 0.469 e. The van der Waals surface area contributed by atoms with E-state index >= 15 is 0 Å². The Hall–Kier alpha value is -0.803. The van der Waals surface area contributed by atoms with E-state index in [-0.39, 0.29) is 11.5 Å². The number of esters is 1. The average molecular weight is 299 g/mol. The number of hydrogen-bond donors (Lipinski definition) is 0. The molecule has 1 rings (SSSR count). The molecular formula is C15H23ClO2Si. The molecule has 0 fully saturated rings. The number of carbonyl (C=O) groups is 1. The predicted molar refractivity (Wildman–Crippen MR) is 83.4 cm³/mol. The Labute approximate surface area is 122 Å². The van der Waals surface area contributed by atoms with Crippen molar-refractivity contribution in [1.82, 2.24) is 0 Å². The number of hydrogen-bond acceptors (Lipinski definition) is 2. The third-order valence-corrected chi connectivity index (χ3v) is 10.6. The second-order valence-corrected chi connectivity index (χ2v) is 10.8. The summed E-state index contributed by atoms with van der Waals surface area (Å²) in [6.07, 6.45) is 0. The number of halogens is 1. The summed E-state index contributed by atoms with van der Waals surface area (Å²) in [5.74, 6) is -0.0976. The van der Waals surface area contributed by atoms with E-state index in [9.17, 15) is 4.79 Å². The van der Waals surface area contributed by atoms with Gasteiger partial charge in [-0.1, -0.05) is 62.6 Å². The zero-order chi connectivity index (χ0) is 14.5. The van der Waals surface area contributed by atoms with Gasteiger partial charge in [-0.05, 0) is 17.7 Å². The zero-order valence-corrected chi connectivity index (χ0v) is 14.0. The molecule has 1 aromatic carbocycles. The van der Waals surface area contributed by atoms with Gasteiger partial charge >= 0.3 is 5.97 Å². The Morgan fingerprint density at radius 2 is 1.63 bits per heavy atom. The molecule has 106 valence electrons. The van der Waals surface area contributed by atoms with Crippen molar-refractivity contribution in [2.45, 2.75) is 44.4 Å². The molecule has 1 unspecified atom stereocenters. The smallest absolute Gasteiger partial charge is 0.310 e. The van der Waals surface area contributed by atoms with E-state index in [4.69, 9.17) is 16.3 Å². The van der Waals surface area contributed by atoms with Crippen molar-refractivity contribution in [2.24, 2.45) is 0 Å². The highest BCUT2D eigenvalue weighted by molar-refractivity contribution is 6.83. The molecule has 0 heterocycles. The average Bonchev–Trinajstić information content (AvgIpc) is 2.46. The summed E-state index contributed by atoms with van der Waals surface area (Å²) in [6.45, 7) is 6.60. The van der Waals surface area contributed by atoms with E-state index in [1.165, 1.54) is 7.11 Å². The van der Waals surface area contributed by atoms with E-state index in [0.29, 0.717) is 5.02 Å². The molecule has 1 aromatic rings. The summed E-state index contributed by atoms with van der Waals surface area (Å²) >= 11 is 5.94. The predicted octanol–water partition coefficient (Wildman–Crippen LogP) is 4.64. The quantitative estimate of drug-likeness (QED) is 0.565. The third kappa shape index (κ3) is 3.40. The van der Waals surface area contributed by atoms with Crippen LogP contribution in [0.15, 0.2) is 24.3 Å². The Morgan fingerprint density at radius 1 is 1.16 bits per heavy atom. The molecule has 19 heavy (non-hydrogen) atoms. The Balaban J connectivity index is 3.28. The fourth-order valence-corrected chi connectivity index (χ4v) is 7.24. The van der Waals surface area contributed by atoms with Gasteiger partial charge < -0.3 is 4.74 Å². The molecule has 0 aromatic heterocycles. The van der Waals surface area contributed by atoms with E-state index in [1.807, 2.05) is 24.3 Å². The van der Waals surface area contributed by atoms with Crippen LogP contribution in [0.2, 0.25) is 23.2 Å². The molecule has 0 saturated carbocycles. The number of ether oxygens (including phenoxy) is 1. The minimum atomic E-state index is -1.71. The van der Waals surface area contributed by atoms with Crippen LogP contribution >= 0.6 is 11.6 Å². The van der Waals surface area contributed by atoms with Gasteiger partial charge in [0.1, 0.15) is 0 Å². The molecule has 0 bridgehead atoms. The molecule has 0 saturated heterocycles. The maximum Gasteiger partial charge on any atom is 0.310 e. The van der Waals surface area contributed by atoms with E-state index in [2.05, 4.69) is 20.8 Å². The van der Waals surface area contributed by atoms with Crippen LogP contribution in [0.1, 0.15) is 31.9 Å². The highest BCUT2D eigenvalue weighted by Crippen LogP contribution is 2.37. The first-order chi connectivity index (χ1) is 9.04. The van der Waals surface area contributed by atoms with Gasteiger partial charge in [-0.3, -0.25) is 4.79 Å². The van der Waals surface area contributed by atoms with Crippen LogP contribution in [-0.4, -0.2) is 21.2 Å². The van der Waals surface area contributed by atoms with Crippen molar-refractivity contribution >= 4 is 25.6 Å². The fraction of sp³-hybridized carbons (Fsp3) is 0.533. The number of rotatable bonds is 6. The van der Waals surface area contributed by atoms with Crippen LogP contribution in [0.4, 0.5) is 0 Å². The monoisotopic (exact) mass is 298 g/mol. The van der Waals surface area contributed by atoms with Crippen molar-refractivity contribution < 1.29 is 9.53 Å². The van der Waals surface area contributed by atoms with Gasteiger partial charge in [0.25, 0.3) is 0 Å². The number of carbonyl (C=O) groups excluding carboxylic acids is 1. The summed E-state index contributed by atoms with van der Waals surface area (Å²) in [5, 5.41) is 0.698. The van der Waals surface area contributed by atoms with Crippen LogP contribution in [0.3, 0.4) is 0 Å². The molecule has 4 heteroatoms. The first kappa shape index (κ1) is 16.3. The summed E-state index contributed by atoms with van der Waals surface area (Å²) in [4.78, 5) is 12.3. The maximum atomic E-state index is 12.3. The lowest BCUT2D eigenvalue weighted by molar-refractivity contribution is -0.140. The van der Waals surface area contributed by atoms with E-state index in [1.54, 1.807) is 0 Å². The molecule has 0 N–H and O–H groups in total. The SMILES string of the molecule is CC[Si](CC)(CC)C(C(=O)OC)c1ccc(Cl)cc1. The normalized spacial score (nSPS) is 13.1. The maximum absolute atomic E-state index is 12.3. The Bertz CT molecular complexity index is 404. The molecule has 2 nitrogen and oxygen atoms in total. The Kier molecular flexibility index (Phi) is 6.08. The van der Waals surface area contributed by atoms with Crippen molar-refractivity contribution in [3.05, 3.63) is 34.9 Å². The van der Waals surface area contributed by atoms with Crippen LogP contribution in [0, 0.1) is 0 Å². The highest BCUT2D eigenvalue weighted by atomic mass is 35.5. The Morgan fingerprint density at radius 3 is 2.00 bits per heavy atom. The lowest BCUT2D eigenvalue weighted by Crippen LogP contribution is -2.44. The van der Waals surface area contributed by atoms with Crippen LogP contribution < -0.4 is 0 Å². The topological polar surface area (TPSA) is 26.3 Å². The van der Waals surface area contributed by atoms with Crippen molar-refractivity contribution in [2.75, 3.05) is 7.11 Å². The van der Waals surface area contributed by atoms with Crippen LogP contribution in [-0.2, 0) is 9.53 Å². The molecule has 0 aliphatic carbocycles.